The van der Waals surface area contributed by atoms with Crippen LogP contribution in [0.5, 0.6) is 17.2 Å². The number of carbonyl (C=O) groups is 1. The number of nitrogen functional groups attached to an aromatic ring is 1. The Kier molecular flexibility index (Phi) is 7.82. The average Bonchev–Trinajstić information content (AvgIpc) is 3.30. The lowest BCUT2D eigenvalue weighted by Crippen LogP contribution is -2.21. The molecule has 3 rings (SSSR count). The van der Waals surface area contributed by atoms with Gasteiger partial charge in [0, 0.05) is 24.8 Å². The number of nitrogens with zero attached hydrogens (tertiary/aromatic N) is 2. The molecular weight excluding hydrogens is 474 g/mol. The topological polar surface area (TPSA) is 132 Å². The first-order valence-electron chi connectivity index (χ1n) is 10.4. The maximum atomic E-state index is 13.4. The van der Waals surface area contributed by atoms with Crippen LogP contribution in [0.3, 0.4) is 0 Å². The number of ether oxygens (including phenoxy) is 4. The molecule has 0 spiro atoms. The standard InChI is InChI=1S/C24H27N3O7S/c1-6-18(31-2)13-17-14-20(26-27(17)35(29,30)19-9-7-16(25)8-10-19)23(28)15-11-21(32-3)24(34-5)22(12-15)33-4/h6-12,14,18H,1,13,25H2,2-5H3. The second-order valence-electron chi connectivity index (χ2n) is 7.40. The molecule has 0 amide bonds. The van der Waals surface area contributed by atoms with Crippen LogP contribution in [-0.4, -0.2) is 57.9 Å². The second kappa shape index (κ2) is 10.6. The summed E-state index contributed by atoms with van der Waals surface area (Å²) in [5.74, 6) is 0.327. The molecule has 1 heterocycles. The molecule has 3 aromatic rings. The third-order valence-electron chi connectivity index (χ3n) is 5.29. The molecule has 35 heavy (non-hydrogen) atoms. The van der Waals surface area contributed by atoms with Gasteiger partial charge in [-0.05, 0) is 42.5 Å². The van der Waals surface area contributed by atoms with E-state index in [2.05, 4.69) is 11.7 Å². The van der Waals surface area contributed by atoms with Gasteiger partial charge in [-0.3, -0.25) is 4.79 Å². The van der Waals surface area contributed by atoms with Crippen molar-refractivity contribution in [3.63, 3.8) is 0 Å². The van der Waals surface area contributed by atoms with Crippen LogP contribution in [0.25, 0.3) is 0 Å². The summed E-state index contributed by atoms with van der Waals surface area (Å²) >= 11 is 0. The summed E-state index contributed by atoms with van der Waals surface area (Å²) in [5.41, 5.74) is 6.43. The zero-order chi connectivity index (χ0) is 25.8. The Morgan fingerprint density at radius 2 is 1.66 bits per heavy atom. The lowest BCUT2D eigenvalue weighted by Gasteiger charge is -2.13. The Hall–Kier alpha value is -3.83. The number of hydrogen-bond donors (Lipinski definition) is 1. The SMILES string of the molecule is C=CC(Cc1cc(C(=O)c2cc(OC)c(OC)c(OC)c2)nn1S(=O)(=O)c1ccc(N)cc1)OC. The molecule has 0 bridgehead atoms. The van der Waals surface area contributed by atoms with Crippen LogP contribution < -0.4 is 19.9 Å². The minimum absolute atomic E-state index is 0.0320. The molecule has 0 radical (unpaired) electrons. The number of aromatic nitrogens is 2. The van der Waals surface area contributed by atoms with Crippen molar-refractivity contribution >= 4 is 21.5 Å². The zero-order valence-corrected chi connectivity index (χ0v) is 20.7. The van der Waals surface area contributed by atoms with Gasteiger partial charge in [-0.1, -0.05) is 6.08 Å². The van der Waals surface area contributed by atoms with Gasteiger partial charge in [0.1, 0.15) is 5.69 Å². The monoisotopic (exact) mass is 501 g/mol. The van der Waals surface area contributed by atoms with Crippen molar-refractivity contribution in [2.75, 3.05) is 34.2 Å². The molecule has 0 aliphatic carbocycles. The van der Waals surface area contributed by atoms with Crippen LogP contribution in [0, 0.1) is 0 Å². The quantitative estimate of drug-likeness (QED) is 0.239. The highest BCUT2D eigenvalue weighted by molar-refractivity contribution is 7.89. The molecule has 0 fully saturated rings. The normalized spacial score (nSPS) is 12.1. The molecule has 0 aliphatic heterocycles. The van der Waals surface area contributed by atoms with Gasteiger partial charge in [-0.15, -0.1) is 6.58 Å². The van der Waals surface area contributed by atoms with Crippen molar-refractivity contribution in [2.24, 2.45) is 0 Å². The number of nitrogens with two attached hydrogens (primary N) is 1. The molecule has 10 nitrogen and oxygen atoms in total. The third kappa shape index (κ3) is 5.15. The molecular formula is C24H27N3O7S. The highest BCUT2D eigenvalue weighted by Crippen LogP contribution is 2.38. The Labute approximate surface area is 203 Å². The minimum atomic E-state index is -4.14. The van der Waals surface area contributed by atoms with Gasteiger partial charge in [0.05, 0.1) is 38.0 Å². The van der Waals surface area contributed by atoms with E-state index in [4.69, 9.17) is 24.7 Å². The van der Waals surface area contributed by atoms with Gasteiger partial charge in [0.25, 0.3) is 10.0 Å². The first-order valence-corrected chi connectivity index (χ1v) is 11.8. The predicted molar refractivity (Wildman–Crippen MR) is 130 cm³/mol. The van der Waals surface area contributed by atoms with Gasteiger partial charge >= 0.3 is 0 Å². The Morgan fingerprint density at radius 3 is 2.14 bits per heavy atom. The molecule has 0 aliphatic rings. The number of methoxy groups -OCH3 is 4. The largest absolute Gasteiger partial charge is 0.493 e. The maximum Gasteiger partial charge on any atom is 0.283 e. The predicted octanol–water partition coefficient (Wildman–Crippen LogP) is 2.70. The smallest absolute Gasteiger partial charge is 0.283 e. The number of ketones is 1. The second-order valence-corrected chi connectivity index (χ2v) is 9.16. The van der Waals surface area contributed by atoms with Gasteiger partial charge < -0.3 is 24.7 Å². The number of rotatable bonds is 11. The highest BCUT2D eigenvalue weighted by Gasteiger charge is 2.27. The molecule has 0 saturated heterocycles. The lowest BCUT2D eigenvalue weighted by molar-refractivity contribution is 0.103. The highest BCUT2D eigenvalue weighted by atomic mass is 32.2. The van der Waals surface area contributed by atoms with E-state index < -0.39 is 21.9 Å². The molecule has 1 unspecified atom stereocenters. The zero-order valence-electron chi connectivity index (χ0n) is 19.8. The molecule has 11 heteroatoms. The third-order valence-corrected chi connectivity index (χ3v) is 6.93. The molecule has 2 N–H and O–H groups in total. The summed E-state index contributed by atoms with van der Waals surface area (Å²) in [7, 11) is 1.64. The number of hydrogen-bond acceptors (Lipinski definition) is 9. The van der Waals surface area contributed by atoms with Gasteiger partial charge in [-0.2, -0.15) is 17.6 Å². The lowest BCUT2D eigenvalue weighted by atomic mass is 10.1. The first kappa shape index (κ1) is 25.8. The fourth-order valence-electron chi connectivity index (χ4n) is 3.43. The van der Waals surface area contributed by atoms with Crippen molar-refractivity contribution in [2.45, 2.75) is 17.4 Å². The summed E-state index contributed by atoms with van der Waals surface area (Å²) in [6.45, 7) is 3.71. The minimum Gasteiger partial charge on any atom is -0.493 e. The van der Waals surface area contributed by atoms with E-state index >= 15 is 0 Å². The van der Waals surface area contributed by atoms with Gasteiger partial charge in [0.15, 0.2) is 11.5 Å². The van der Waals surface area contributed by atoms with E-state index in [9.17, 15) is 13.2 Å². The molecule has 0 saturated carbocycles. The van der Waals surface area contributed by atoms with Crippen LogP contribution in [0.4, 0.5) is 5.69 Å². The number of carbonyl (C=O) groups excluding carboxylic acids is 1. The Morgan fingerprint density at radius 1 is 1.06 bits per heavy atom. The first-order chi connectivity index (χ1) is 16.7. The van der Waals surface area contributed by atoms with Gasteiger partial charge in [-0.25, -0.2) is 0 Å². The van der Waals surface area contributed by atoms with Crippen LogP contribution >= 0.6 is 0 Å². The van der Waals surface area contributed by atoms with Crippen LogP contribution in [0.2, 0.25) is 0 Å². The molecule has 1 aromatic heterocycles. The Balaban J connectivity index is 2.15. The van der Waals surface area contributed by atoms with Crippen molar-refractivity contribution in [1.29, 1.82) is 0 Å². The van der Waals surface area contributed by atoms with E-state index in [1.54, 1.807) is 0 Å². The summed E-state index contributed by atoms with van der Waals surface area (Å²) in [6, 6.07) is 10.0. The van der Waals surface area contributed by atoms with E-state index in [1.165, 1.54) is 77.0 Å². The van der Waals surface area contributed by atoms with Crippen molar-refractivity contribution in [3.05, 3.63) is 72.1 Å². The molecule has 1 atom stereocenters. The van der Waals surface area contributed by atoms with Gasteiger partial charge in [0.2, 0.25) is 11.5 Å². The van der Waals surface area contributed by atoms with Crippen LogP contribution in [0.15, 0.2) is 60.0 Å². The van der Waals surface area contributed by atoms with Crippen molar-refractivity contribution in [1.82, 2.24) is 9.19 Å². The maximum absolute atomic E-state index is 13.4. The summed E-state index contributed by atoms with van der Waals surface area (Å²) in [4.78, 5) is 13.4. The van der Waals surface area contributed by atoms with E-state index in [0.717, 1.165) is 4.09 Å². The van der Waals surface area contributed by atoms with Crippen LogP contribution in [0.1, 0.15) is 21.7 Å². The van der Waals surface area contributed by atoms with Crippen LogP contribution in [-0.2, 0) is 21.2 Å². The summed E-state index contributed by atoms with van der Waals surface area (Å²) < 4.78 is 48.9. The summed E-state index contributed by atoms with van der Waals surface area (Å²) in [6.07, 6.45) is 1.15. The average molecular weight is 502 g/mol. The fourth-order valence-corrected chi connectivity index (χ4v) is 4.74. The van der Waals surface area contributed by atoms with E-state index in [1.807, 2.05) is 0 Å². The number of anilines is 1. The fraction of sp³-hybridized carbons (Fsp3) is 0.250. The molecule has 186 valence electrons. The Bertz CT molecular complexity index is 1310. The molecule has 2 aromatic carbocycles. The summed E-state index contributed by atoms with van der Waals surface area (Å²) in [5, 5.41) is 4.18. The number of benzene rings is 2. The van der Waals surface area contributed by atoms with Crippen molar-refractivity contribution < 1.29 is 32.2 Å². The van der Waals surface area contributed by atoms with E-state index in [0.29, 0.717) is 11.4 Å². The van der Waals surface area contributed by atoms with Crippen molar-refractivity contribution in [3.8, 4) is 17.2 Å². The van der Waals surface area contributed by atoms with E-state index in [-0.39, 0.29) is 39.8 Å².